The molecule has 2 N–H and O–H groups in total. The van der Waals surface area contributed by atoms with Crippen molar-refractivity contribution in [2.45, 2.75) is 6.42 Å². The monoisotopic (exact) mass is 198 g/mol. The van der Waals surface area contributed by atoms with Crippen LogP contribution in [0.4, 0.5) is 4.39 Å². The molecule has 3 nitrogen and oxygen atoms in total. The molecule has 0 saturated carbocycles. The standard InChI is InChI=1S/C9H12BFO3/c11-9-4-1-3-8(7-9)10(13)14-6-2-5-12/h1,3-4,7,12-13H,2,5-6H2. The van der Waals surface area contributed by atoms with E-state index < -0.39 is 12.9 Å². The Hall–Kier alpha value is -0.905. The normalized spacial score (nSPS) is 10.2. The number of aliphatic hydroxyl groups excluding tert-OH is 1. The van der Waals surface area contributed by atoms with E-state index in [4.69, 9.17) is 9.76 Å². The van der Waals surface area contributed by atoms with Gasteiger partial charge in [-0.15, -0.1) is 0 Å². The van der Waals surface area contributed by atoms with Crippen LogP contribution in [0.15, 0.2) is 24.3 Å². The molecule has 0 aliphatic heterocycles. The van der Waals surface area contributed by atoms with Crippen molar-refractivity contribution in [2.24, 2.45) is 0 Å². The average molecular weight is 198 g/mol. The van der Waals surface area contributed by atoms with Crippen LogP contribution < -0.4 is 5.46 Å². The van der Waals surface area contributed by atoms with E-state index in [1.807, 2.05) is 0 Å². The maximum absolute atomic E-state index is 12.7. The third kappa shape index (κ3) is 3.45. The molecular weight excluding hydrogens is 186 g/mol. The topological polar surface area (TPSA) is 49.7 Å². The van der Waals surface area contributed by atoms with Crippen LogP contribution >= 0.6 is 0 Å². The minimum Gasteiger partial charge on any atom is -0.423 e. The Balaban J connectivity index is 2.47. The van der Waals surface area contributed by atoms with Gasteiger partial charge >= 0.3 is 7.12 Å². The number of aliphatic hydroxyl groups is 1. The van der Waals surface area contributed by atoms with E-state index in [1.54, 1.807) is 6.07 Å². The lowest BCUT2D eigenvalue weighted by atomic mass is 9.79. The summed E-state index contributed by atoms with van der Waals surface area (Å²) >= 11 is 0. The molecule has 0 aliphatic carbocycles. The summed E-state index contributed by atoms with van der Waals surface area (Å²) in [6, 6.07) is 5.59. The molecular formula is C9H12BFO3. The molecule has 1 aromatic rings. The summed E-state index contributed by atoms with van der Waals surface area (Å²) in [5.74, 6) is -0.410. The molecule has 0 bridgehead atoms. The fourth-order valence-corrected chi connectivity index (χ4v) is 1.02. The number of benzene rings is 1. The molecule has 0 atom stereocenters. The highest BCUT2D eigenvalue weighted by molar-refractivity contribution is 6.59. The maximum atomic E-state index is 12.7. The van der Waals surface area contributed by atoms with Gasteiger partial charge in [0.1, 0.15) is 5.82 Å². The van der Waals surface area contributed by atoms with E-state index in [2.05, 4.69) is 0 Å². The van der Waals surface area contributed by atoms with Crippen molar-refractivity contribution >= 4 is 12.6 Å². The minimum absolute atomic E-state index is 0.00979. The van der Waals surface area contributed by atoms with Crippen molar-refractivity contribution in [3.05, 3.63) is 30.1 Å². The Morgan fingerprint density at radius 3 is 2.86 bits per heavy atom. The minimum atomic E-state index is -1.13. The second-order valence-electron chi connectivity index (χ2n) is 2.86. The molecule has 14 heavy (non-hydrogen) atoms. The van der Waals surface area contributed by atoms with Gasteiger partial charge in [-0.05, 0) is 24.0 Å². The SMILES string of the molecule is OCCCOB(O)c1cccc(F)c1. The molecule has 0 fully saturated rings. The fourth-order valence-electron chi connectivity index (χ4n) is 1.02. The molecule has 0 unspecified atom stereocenters. The zero-order valence-electron chi connectivity index (χ0n) is 7.69. The first-order chi connectivity index (χ1) is 6.74. The average Bonchev–Trinajstić information content (AvgIpc) is 2.18. The third-order valence-electron chi connectivity index (χ3n) is 1.71. The van der Waals surface area contributed by atoms with Crippen molar-refractivity contribution < 1.29 is 19.2 Å². The van der Waals surface area contributed by atoms with Crippen LogP contribution in [0, 0.1) is 5.82 Å². The Morgan fingerprint density at radius 1 is 1.43 bits per heavy atom. The van der Waals surface area contributed by atoms with Gasteiger partial charge in [0, 0.05) is 13.2 Å². The molecule has 5 heteroatoms. The van der Waals surface area contributed by atoms with Gasteiger partial charge in [0.2, 0.25) is 0 Å². The summed E-state index contributed by atoms with van der Waals surface area (Å²) in [5.41, 5.74) is 0.378. The summed E-state index contributed by atoms with van der Waals surface area (Å²) < 4.78 is 17.7. The molecule has 0 amide bonds. The first-order valence-electron chi connectivity index (χ1n) is 4.40. The second kappa shape index (κ2) is 5.75. The van der Waals surface area contributed by atoms with Crippen LogP contribution in [0.1, 0.15) is 6.42 Å². The van der Waals surface area contributed by atoms with Gasteiger partial charge < -0.3 is 14.8 Å². The molecule has 0 spiro atoms. The van der Waals surface area contributed by atoms with Crippen molar-refractivity contribution in [3.8, 4) is 0 Å². The molecule has 0 saturated heterocycles. The number of hydrogen-bond donors (Lipinski definition) is 2. The van der Waals surface area contributed by atoms with Gasteiger partial charge in [-0.1, -0.05) is 12.1 Å². The van der Waals surface area contributed by atoms with Gasteiger partial charge in [-0.25, -0.2) is 4.39 Å². The molecule has 0 aliphatic rings. The predicted molar refractivity (Wildman–Crippen MR) is 51.7 cm³/mol. The summed E-state index contributed by atoms with van der Waals surface area (Å²) in [5, 5.41) is 17.9. The second-order valence-corrected chi connectivity index (χ2v) is 2.86. The summed E-state index contributed by atoms with van der Waals surface area (Å²) in [7, 11) is -1.13. The quantitative estimate of drug-likeness (QED) is 0.513. The van der Waals surface area contributed by atoms with E-state index in [9.17, 15) is 9.41 Å². The number of hydrogen-bond acceptors (Lipinski definition) is 3. The summed E-state index contributed by atoms with van der Waals surface area (Å²) in [4.78, 5) is 0. The largest absolute Gasteiger partial charge is 0.491 e. The van der Waals surface area contributed by atoms with Crippen LogP contribution in [0.5, 0.6) is 0 Å². The Bertz CT molecular complexity index is 283. The number of halogens is 1. The van der Waals surface area contributed by atoms with Gasteiger partial charge in [0.15, 0.2) is 0 Å². The molecule has 1 aromatic carbocycles. The Kier molecular flexibility index (Phi) is 4.59. The zero-order valence-corrected chi connectivity index (χ0v) is 7.69. The van der Waals surface area contributed by atoms with E-state index in [0.29, 0.717) is 11.9 Å². The van der Waals surface area contributed by atoms with Gasteiger partial charge in [-0.2, -0.15) is 0 Å². The van der Waals surface area contributed by atoms with Crippen LogP contribution in [0.25, 0.3) is 0 Å². The highest BCUT2D eigenvalue weighted by Gasteiger charge is 2.16. The smallest absolute Gasteiger partial charge is 0.423 e. The Labute approximate surface area is 82.3 Å². The predicted octanol–water partition coefficient (Wildman–Crippen LogP) is -0.0878. The molecule has 0 radical (unpaired) electrons. The fraction of sp³-hybridized carbons (Fsp3) is 0.333. The zero-order chi connectivity index (χ0) is 10.4. The highest BCUT2D eigenvalue weighted by Crippen LogP contribution is 1.95. The Morgan fingerprint density at radius 2 is 2.21 bits per heavy atom. The van der Waals surface area contributed by atoms with Crippen molar-refractivity contribution in [1.29, 1.82) is 0 Å². The van der Waals surface area contributed by atoms with Crippen molar-refractivity contribution in [1.82, 2.24) is 0 Å². The van der Waals surface area contributed by atoms with Gasteiger partial charge in [0.05, 0.1) is 0 Å². The molecule has 76 valence electrons. The van der Waals surface area contributed by atoms with Crippen LogP contribution in [0.2, 0.25) is 0 Å². The van der Waals surface area contributed by atoms with Gasteiger partial charge in [-0.3, -0.25) is 0 Å². The first kappa shape index (κ1) is 11.2. The number of rotatable bonds is 5. The van der Waals surface area contributed by atoms with Crippen LogP contribution in [-0.2, 0) is 4.65 Å². The van der Waals surface area contributed by atoms with E-state index in [1.165, 1.54) is 18.2 Å². The summed E-state index contributed by atoms with van der Waals surface area (Å²) in [6.45, 7) is 0.254. The maximum Gasteiger partial charge on any atom is 0.491 e. The summed E-state index contributed by atoms with van der Waals surface area (Å²) in [6.07, 6.45) is 0.451. The van der Waals surface area contributed by atoms with Crippen molar-refractivity contribution in [2.75, 3.05) is 13.2 Å². The molecule has 0 aromatic heterocycles. The lowest BCUT2D eigenvalue weighted by Crippen LogP contribution is -2.34. The highest BCUT2D eigenvalue weighted by atomic mass is 19.1. The molecule has 1 rings (SSSR count). The van der Waals surface area contributed by atoms with E-state index in [0.717, 1.165) is 0 Å². The van der Waals surface area contributed by atoms with E-state index >= 15 is 0 Å². The third-order valence-corrected chi connectivity index (χ3v) is 1.71. The van der Waals surface area contributed by atoms with Crippen LogP contribution in [0.3, 0.4) is 0 Å². The lowest BCUT2D eigenvalue weighted by Gasteiger charge is -2.07. The van der Waals surface area contributed by atoms with Crippen molar-refractivity contribution in [3.63, 3.8) is 0 Å². The van der Waals surface area contributed by atoms with E-state index in [-0.39, 0.29) is 13.2 Å². The van der Waals surface area contributed by atoms with Crippen LogP contribution in [-0.4, -0.2) is 30.5 Å². The molecule has 0 heterocycles. The van der Waals surface area contributed by atoms with Gasteiger partial charge in [0.25, 0.3) is 0 Å². The first-order valence-corrected chi connectivity index (χ1v) is 4.40. The lowest BCUT2D eigenvalue weighted by molar-refractivity contribution is 0.216.